The van der Waals surface area contributed by atoms with Gasteiger partial charge in [-0.3, -0.25) is 4.79 Å². The zero-order valence-corrected chi connectivity index (χ0v) is 18.1. The molecular weight excluding hydrogens is 386 g/mol. The molecular formula is C22H29N3O3S. The molecule has 29 heavy (non-hydrogen) atoms. The quantitative estimate of drug-likeness (QED) is 0.786. The van der Waals surface area contributed by atoms with Crippen molar-refractivity contribution < 1.29 is 13.2 Å². The maximum atomic E-state index is 13.0. The van der Waals surface area contributed by atoms with Crippen LogP contribution in [0, 0.1) is 0 Å². The highest BCUT2D eigenvalue weighted by molar-refractivity contribution is 7.89. The Bertz CT molecular complexity index is 950. The minimum absolute atomic E-state index is 0.163. The molecule has 2 aromatic rings. The van der Waals surface area contributed by atoms with E-state index in [0.717, 1.165) is 5.56 Å². The molecule has 2 aromatic carbocycles. The Hall–Kier alpha value is -2.22. The van der Waals surface area contributed by atoms with E-state index in [1.165, 1.54) is 10.4 Å². The molecule has 7 heteroatoms. The van der Waals surface area contributed by atoms with Gasteiger partial charge in [-0.15, -0.1) is 0 Å². The lowest BCUT2D eigenvalue weighted by Gasteiger charge is -2.31. The Morgan fingerprint density at radius 2 is 1.66 bits per heavy atom. The Balaban J connectivity index is 1.74. The van der Waals surface area contributed by atoms with E-state index in [4.69, 9.17) is 0 Å². The number of benzene rings is 2. The number of amides is 1. The van der Waals surface area contributed by atoms with Crippen LogP contribution in [0.15, 0.2) is 59.5 Å². The van der Waals surface area contributed by atoms with E-state index in [1.54, 1.807) is 18.2 Å². The monoisotopic (exact) mass is 415 g/mol. The molecule has 6 nitrogen and oxygen atoms in total. The maximum absolute atomic E-state index is 13.0. The molecule has 0 radical (unpaired) electrons. The predicted molar refractivity (Wildman–Crippen MR) is 114 cm³/mol. The summed E-state index contributed by atoms with van der Waals surface area (Å²) in [5.41, 5.74) is 1.01. The van der Waals surface area contributed by atoms with Crippen LogP contribution in [0.4, 0.5) is 0 Å². The smallest absolute Gasteiger partial charge is 0.251 e. The molecule has 0 atom stereocenters. The first-order valence-corrected chi connectivity index (χ1v) is 11.3. The average molecular weight is 416 g/mol. The van der Waals surface area contributed by atoms with Gasteiger partial charge in [-0.2, -0.15) is 4.31 Å². The molecule has 1 N–H and O–H groups in total. The maximum Gasteiger partial charge on any atom is 0.251 e. The molecule has 1 heterocycles. The van der Waals surface area contributed by atoms with Gasteiger partial charge in [-0.1, -0.05) is 36.4 Å². The number of hydrogen-bond donors (Lipinski definition) is 1. The van der Waals surface area contributed by atoms with Crippen molar-refractivity contribution in [2.24, 2.45) is 0 Å². The van der Waals surface area contributed by atoms with Crippen LogP contribution >= 0.6 is 0 Å². The third-order valence-electron chi connectivity index (χ3n) is 5.14. The fourth-order valence-electron chi connectivity index (χ4n) is 3.51. The lowest BCUT2D eigenvalue weighted by molar-refractivity contribution is 0.0913. The van der Waals surface area contributed by atoms with Crippen molar-refractivity contribution >= 4 is 15.9 Å². The number of nitrogens with one attached hydrogen (secondary N) is 1. The van der Waals surface area contributed by atoms with Crippen molar-refractivity contribution in [2.75, 3.05) is 33.2 Å². The Morgan fingerprint density at radius 3 is 2.31 bits per heavy atom. The minimum Gasteiger partial charge on any atom is -0.347 e. The van der Waals surface area contributed by atoms with Gasteiger partial charge in [-0.05, 0) is 51.1 Å². The summed E-state index contributed by atoms with van der Waals surface area (Å²) in [6.45, 7) is 6.24. The number of rotatable bonds is 6. The second kappa shape index (κ2) is 8.65. The van der Waals surface area contributed by atoms with Crippen LogP contribution in [0.3, 0.4) is 0 Å². The second-order valence-corrected chi connectivity index (χ2v) is 10.2. The van der Waals surface area contributed by atoms with Crippen molar-refractivity contribution in [2.45, 2.75) is 30.7 Å². The highest BCUT2D eigenvalue weighted by Gasteiger charge is 2.28. The number of piperazine rings is 1. The Morgan fingerprint density at radius 1 is 1.00 bits per heavy atom. The van der Waals surface area contributed by atoms with E-state index in [-0.39, 0.29) is 10.8 Å². The predicted octanol–water partition coefficient (Wildman–Crippen LogP) is 2.37. The summed E-state index contributed by atoms with van der Waals surface area (Å²) >= 11 is 0. The zero-order valence-electron chi connectivity index (χ0n) is 17.3. The van der Waals surface area contributed by atoms with E-state index >= 15 is 0 Å². The molecule has 0 aliphatic carbocycles. The van der Waals surface area contributed by atoms with Gasteiger partial charge in [0.2, 0.25) is 10.0 Å². The summed E-state index contributed by atoms with van der Waals surface area (Å²) in [4.78, 5) is 15.1. The van der Waals surface area contributed by atoms with E-state index in [9.17, 15) is 13.2 Å². The third kappa shape index (κ3) is 5.44. The van der Waals surface area contributed by atoms with Gasteiger partial charge in [0.15, 0.2) is 0 Å². The molecule has 1 fully saturated rings. The van der Waals surface area contributed by atoms with Crippen molar-refractivity contribution in [1.29, 1.82) is 0 Å². The van der Waals surface area contributed by atoms with E-state index < -0.39 is 15.6 Å². The molecule has 3 rings (SSSR count). The summed E-state index contributed by atoms with van der Waals surface area (Å²) in [6.07, 6.45) is 0.679. The number of carbonyl (C=O) groups is 1. The Labute approximate surface area is 173 Å². The SMILES string of the molecule is CN1CCN(S(=O)(=O)c2cccc(C(=O)NC(C)(C)Cc3ccccc3)c2)CC1. The molecule has 156 valence electrons. The third-order valence-corrected chi connectivity index (χ3v) is 7.03. The average Bonchev–Trinajstić information content (AvgIpc) is 2.68. The zero-order chi connectivity index (χ0) is 21.1. The number of sulfonamides is 1. The van der Waals surface area contributed by atoms with Crippen LogP contribution in [0.25, 0.3) is 0 Å². The first-order chi connectivity index (χ1) is 13.7. The minimum atomic E-state index is -3.61. The highest BCUT2D eigenvalue weighted by Crippen LogP contribution is 2.20. The summed E-state index contributed by atoms with van der Waals surface area (Å²) < 4.78 is 27.4. The summed E-state index contributed by atoms with van der Waals surface area (Å²) in [7, 11) is -1.63. The molecule has 0 spiro atoms. The molecule has 1 saturated heterocycles. The van der Waals surface area contributed by atoms with Crippen molar-refractivity contribution in [3.63, 3.8) is 0 Å². The molecule has 0 unspecified atom stereocenters. The Kier molecular flexibility index (Phi) is 6.41. The fourth-order valence-corrected chi connectivity index (χ4v) is 4.97. The fraction of sp³-hybridized carbons (Fsp3) is 0.409. The number of hydrogen-bond acceptors (Lipinski definition) is 4. The lowest BCUT2D eigenvalue weighted by atomic mass is 9.94. The van der Waals surface area contributed by atoms with Gasteiger partial charge in [0.1, 0.15) is 0 Å². The first kappa shape index (κ1) is 21.5. The van der Waals surface area contributed by atoms with Gasteiger partial charge in [0.05, 0.1) is 4.90 Å². The van der Waals surface area contributed by atoms with E-state index in [2.05, 4.69) is 10.2 Å². The summed E-state index contributed by atoms with van der Waals surface area (Å²) in [6, 6.07) is 16.3. The van der Waals surface area contributed by atoms with E-state index in [1.807, 2.05) is 51.2 Å². The van der Waals surface area contributed by atoms with E-state index in [0.29, 0.717) is 38.2 Å². The summed E-state index contributed by atoms with van der Waals surface area (Å²) in [5, 5.41) is 3.03. The van der Waals surface area contributed by atoms with Crippen LogP contribution in [-0.4, -0.2) is 62.3 Å². The standard InChI is InChI=1S/C22H29N3O3S/c1-22(2,17-18-8-5-4-6-9-18)23-21(26)19-10-7-11-20(16-19)29(27,28)25-14-12-24(3)13-15-25/h4-11,16H,12-15,17H2,1-3H3,(H,23,26). The second-order valence-electron chi connectivity index (χ2n) is 8.24. The largest absolute Gasteiger partial charge is 0.347 e. The van der Waals surface area contributed by atoms with Crippen LogP contribution in [0.1, 0.15) is 29.8 Å². The summed E-state index contributed by atoms with van der Waals surface area (Å²) in [5.74, 6) is -0.277. The van der Waals surface area contributed by atoms with Crippen molar-refractivity contribution in [1.82, 2.24) is 14.5 Å². The molecule has 0 aromatic heterocycles. The molecule has 1 aliphatic rings. The van der Waals surface area contributed by atoms with Crippen molar-refractivity contribution in [3.8, 4) is 0 Å². The topological polar surface area (TPSA) is 69.7 Å². The molecule has 1 amide bonds. The van der Waals surface area contributed by atoms with Crippen LogP contribution in [0.2, 0.25) is 0 Å². The van der Waals surface area contributed by atoms with Gasteiger partial charge >= 0.3 is 0 Å². The van der Waals surface area contributed by atoms with Gasteiger partial charge in [0.25, 0.3) is 5.91 Å². The first-order valence-electron chi connectivity index (χ1n) is 9.83. The van der Waals surface area contributed by atoms with Crippen LogP contribution in [0.5, 0.6) is 0 Å². The van der Waals surface area contributed by atoms with Crippen LogP contribution < -0.4 is 5.32 Å². The normalized spacial score (nSPS) is 16.5. The number of carbonyl (C=O) groups excluding carboxylic acids is 1. The molecule has 1 aliphatic heterocycles. The van der Waals surface area contributed by atoms with Crippen molar-refractivity contribution in [3.05, 3.63) is 65.7 Å². The van der Waals surface area contributed by atoms with Gasteiger partial charge < -0.3 is 10.2 Å². The highest BCUT2D eigenvalue weighted by atomic mass is 32.2. The number of likely N-dealkylation sites (N-methyl/N-ethyl adjacent to an activating group) is 1. The number of nitrogens with zero attached hydrogens (tertiary/aromatic N) is 2. The molecule has 0 saturated carbocycles. The van der Waals surface area contributed by atoms with Gasteiger partial charge in [0, 0.05) is 37.3 Å². The lowest BCUT2D eigenvalue weighted by Crippen LogP contribution is -2.47. The van der Waals surface area contributed by atoms with Crippen LogP contribution in [-0.2, 0) is 16.4 Å². The molecule has 0 bridgehead atoms. The van der Waals surface area contributed by atoms with Gasteiger partial charge in [-0.25, -0.2) is 8.42 Å².